The Morgan fingerprint density at radius 3 is 3.00 bits per heavy atom. The maximum absolute atomic E-state index is 10.9. The van der Waals surface area contributed by atoms with Crippen molar-refractivity contribution in [3.63, 3.8) is 0 Å². The summed E-state index contributed by atoms with van der Waals surface area (Å²) in [4.78, 5) is 13.6. The Labute approximate surface area is 82.5 Å². The highest BCUT2D eigenvalue weighted by Gasteiger charge is 2.03. The van der Waals surface area contributed by atoms with E-state index in [2.05, 4.69) is 4.98 Å². The Kier molecular flexibility index (Phi) is 2.00. The number of fused-ring (bicyclic) bond motifs is 1. The summed E-state index contributed by atoms with van der Waals surface area (Å²) in [5.74, 6) is -0.406. The van der Waals surface area contributed by atoms with E-state index < -0.39 is 5.76 Å². The van der Waals surface area contributed by atoms with Gasteiger partial charge in [-0.05, 0) is 37.1 Å². The van der Waals surface area contributed by atoms with Gasteiger partial charge in [0.05, 0.1) is 5.52 Å². The van der Waals surface area contributed by atoms with Gasteiger partial charge in [0.25, 0.3) is 0 Å². The number of oxazole rings is 1. The molecular weight excluding hydrogens is 178 g/mol. The van der Waals surface area contributed by atoms with E-state index in [1.807, 2.05) is 38.1 Å². The molecule has 1 aromatic heterocycles. The first-order valence-corrected chi connectivity index (χ1v) is 4.47. The second kappa shape index (κ2) is 3.18. The van der Waals surface area contributed by atoms with Gasteiger partial charge in [-0.25, -0.2) is 4.79 Å². The van der Waals surface area contributed by atoms with Crippen molar-refractivity contribution in [2.75, 3.05) is 0 Å². The summed E-state index contributed by atoms with van der Waals surface area (Å²) in [6.45, 7) is 3.96. The van der Waals surface area contributed by atoms with Crippen molar-refractivity contribution in [3.05, 3.63) is 39.9 Å². The fourth-order valence-corrected chi connectivity index (χ4v) is 1.48. The van der Waals surface area contributed by atoms with Crippen molar-refractivity contribution in [1.29, 1.82) is 0 Å². The molecule has 0 atom stereocenters. The van der Waals surface area contributed by atoms with E-state index in [1.54, 1.807) is 0 Å². The predicted octanol–water partition coefficient (Wildman–Crippen LogP) is 2.71. The predicted molar refractivity (Wildman–Crippen MR) is 58.4 cm³/mol. The molecule has 2 rings (SSSR count). The van der Waals surface area contributed by atoms with Gasteiger partial charge in [0.2, 0.25) is 0 Å². The molecule has 0 bridgehead atoms. The van der Waals surface area contributed by atoms with Crippen LogP contribution in [0.1, 0.15) is 19.5 Å². The summed E-state index contributed by atoms with van der Waals surface area (Å²) in [5, 5.41) is 0. The van der Waals surface area contributed by atoms with E-state index in [0.717, 1.165) is 16.6 Å². The molecule has 14 heavy (non-hydrogen) atoms. The molecule has 0 spiro atoms. The lowest BCUT2D eigenvalue weighted by Crippen LogP contribution is -1.92. The average molecular weight is 191 g/mol. The molecule has 2 aromatic rings. The van der Waals surface area contributed by atoms with Crippen LogP contribution in [0.4, 0.5) is 0 Å². The number of aromatic amines is 1. The van der Waals surface area contributed by atoms with E-state index in [1.165, 1.54) is 0 Å². The Morgan fingerprint density at radius 1 is 1.50 bits per heavy atom. The van der Waals surface area contributed by atoms with Gasteiger partial charge in [0.15, 0.2) is 5.58 Å². The van der Waals surface area contributed by atoms with Gasteiger partial charge < -0.3 is 4.42 Å². The summed E-state index contributed by atoms with van der Waals surface area (Å²) in [5.41, 5.74) is 3.55. The molecule has 0 aliphatic carbocycles. The Morgan fingerprint density at radius 2 is 2.29 bits per heavy atom. The largest absolute Gasteiger partial charge is 0.417 e. The third-order valence-corrected chi connectivity index (χ3v) is 2.15. The van der Waals surface area contributed by atoms with Gasteiger partial charge in [-0.15, -0.1) is 0 Å². The third kappa shape index (κ3) is 1.37. The number of H-pyrrole nitrogens is 1. The van der Waals surface area contributed by atoms with E-state index in [0.29, 0.717) is 5.58 Å². The molecule has 0 saturated carbocycles. The van der Waals surface area contributed by atoms with E-state index in [4.69, 9.17) is 4.42 Å². The molecule has 0 unspecified atom stereocenters. The minimum absolute atomic E-state index is 0. The van der Waals surface area contributed by atoms with E-state index in [9.17, 15) is 4.79 Å². The van der Waals surface area contributed by atoms with Gasteiger partial charge in [0.1, 0.15) is 0 Å². The molecule has 1 heterocycles. The smallest absolute Gasteiger partial charge is 0.408 e. The Hall–Kier alpha value is -1.77. The molecule has 74 valence electrons. The number of hydrogen-bond donors (Lipinski definition) is 1. The lowest BCUT2D eigenvalue weighted by Gasteiger charge is -1.98. The first-order valence-electron chi connectivity index (χ1n) is 4.47. The summed E-state index contributed by atoms with van der Waals surface area (Å²) < 4.78 is 4.96. The van der Waals surface area contributed by atoms with Crippen molar-refractivity contribution in [3.8, 4) is 0 Å². The number of hydrogen-bond acceptors (Lipinski definition) is 2. The van der Waals surface area contributed by atoms with Gasteiger partial charge in [-0.3, -0.25) is 4.98 Å². The number of benzene rings is 1. The van der Waals surface area contributed by atoms with Crippen LogP contribution in [0, 0.1) is 6.92 Å². The van der Waals surface area contributed by atoms with Crippen LogP contribution in [0.3, 0.4) is 0 Å². The summed E-state index contributed by atoms with van der Waals surface area (Å²) >= 11 is 0. The molecular formula is C11H13NO2. The highest BCUT2D eigenvalue weighted by Crippen LogP contribution is 2.18. The minimum Gasteiger partial charge on any atom is -0.408 e. The molecule has 0 aliphatic heterocycles. The highest BCUT2D eigenvalue weighted by atomic mass is 16.4. The van der Waals surface area contributed by atoms with Crippen molar-refractivity contribution in [2.24, 2.45) is 0 Å². The topological polar surface area (TPSA) is 46.0 Å². The van der Waals surface area contributed by atoms with Crippen LogP contribution < -0.4 is 5.76 Å². The standard InChI is InChI=1S/C11H11NO2.H2/c1-3-4-8-6-10-9(5-7(8)2)12-11(13)14-10;/h3-6H,1-2H3,(H,12,13);1H/b4-3+;. The maximum atomic E-state index is 10.9. The quantitative estimate of drug-likeness (QED) is 0.753. The normalized spacial score (nSPS) is 11.6. The zero-order valence-electron chi connectivity index (χ0n) is 8.13. The van der Waals surface area contributed by atoms with Gasteiger partial charge >= 0.3 is 5.76 Å². The number of aromatic nitrogens is 1. The van der Waals surface area contributed by atoms with Gasteiger partial charge in [0, 0.05) is 1.43 Å². The van der Waals surface area contributed by atoms with Crippen LogP contribution in [0.5, 0.6) is 0 Å². The number of aryl methyl sites for hydroxylation is 1. The van der Waals surface area contributed by atoms with Crippen LogP contribution in [0.2, 0.25) is 0 Å². The van der Waals surface area contributed by atoms with Crippen LogP contribution in [0.15, 0.2) is 27.4 Å². The van der Waals surface area contributed by atoms with Crippen molar-refractivity contribution < 1.29 is 5.84 Å². The van der Waals surface area contributed by atoms with Crippen LogP contribution >= 0.6 is 0 Å². The van der Waals surface area contributed by atoms with E-state index in [-0.39, 0.29) is 1.43 Å². The second-order valence-corrected chi connectivity index (χ2v) is 3.22. The minimum atomic E-state index is -0.406. The Balaban J connectivity index is 0.00000112. The van der Waals surface area contributed by atoms with Crippen molar-refractivity contribution in [1.82, 2.24) is 4.98 Å². The first-order chi connectivity index (χ1) is 6.70. The first kappa shape index (κ1) is 8.81. The van der Waals surface area contributed by atoms with Crippen LogP contribution in [-0.4, -0.2) is 4.98 Å². The third-order valence-electron chi connectivity index (χ3n) is 2.15. The number of allylic oxidation sites excluding steroid dienone is 1. The zero-order chi connectivity index (χ0) is 10.1. The number of rotatable bonds is 1. The number of nitrogens with one attached hydrogen (secondary N) is 1. The average Bonchev–Trinajstić information content (AvgIpc) is 2.45. The van der Waals surface area contributed by atoms with Crippen molar-refractivity contribution in [2.45, 2.75) is 13.8 Å². The van der Waals surface area contributed by atoms with Crippen LogP contribution in [0.25, 0.3) is 17.2 Å². The molecule has 0 radical (unpaired) electrons. The lowest BCUT2D eigenvalue weighted by molar-refractivity contribution is 0.555. The fourth-order valence-electron chi connectivity index (χ4n) is 1.48. The fraction of sp³-hybridized carbons (Fsp3) is 0.182. The van der Waals surface area contributed by atoms with Crippen LogP contribution in [-0.2, 0) is 0 Å². The molecule has 1 aromatic carbocycles. The van der Waals surface area contributed by atoms with Gasteiger partial charge in [-0.1, -0.05) is 12.2 Å². The molecule has 1 N–H and O–H groups in total. The highest BCUT2D eigenvalue weighted by molar-refractivity contribution is 5.77. The Bertz CT molecular complexity index is 551. The molecule has 0 fully saturated rings. The monoisotopic (exact) mass is 191 g/mol. The summed E-state index contributed by atoms with van der Waals surface area (Å²) in [6, 6.07) is 3.78. The van der Waals surface area contributed by atoms with Crippen molar-refractivity contribution >= 4 is 17.2 Å². The maximum Gasteiger partial charge on any atom is 0.417 e. The molecule has 0 amide bonds. The van der Waals surface area contributed by atoms with Gasteiger partial charge in [-0.2, -0.15) is 0 Å². The summed E-state index contributed by atoms with van der Waals surface area (Å²) in [6.07, 6.45) is 3.95. The molecule has 3 nitrogen and oxygen atoms in total. The second-order valence-electron chi connectivity index (χ2n) is 3.22. The SMILES string of the molecule is C/C=C/c1cc2oc(=O)[nH]c2cc1C.[HH]. The summed E-state index contributed by atoms with van der Waals surface area (Å²) in [7, 11) is 0. The lowest BCUT2D eigenvalue weighted by atomic mass is 10.1. The molecule has 0 aliphatic rings. The zero-order valence-corrected chi connectivity index (χ0v) is 8.13. The molecule has 3 heteroatoms. The van der Waals surface area contributed by atoms with E-state index >= 15 is 0 Å². The molecule has 0 saturated heterocycles.